The molecule has 25 heavy (non-hydrogen) atoms. The largest absolute Gasteiger partial charge is 0.462 e. The van der Waals surface area contributed by atoms with Gasteiger partial charge in [-0.25, -0.2) is 4.79 Å². The van der Waals surface area contributed by atoms with Crippen LogP contribution in [0.2, 0.25) is 0 Å². The summed E-state index contributed by atoms with van der Waals surface area (Å²) in [5.41, 5.74) is 4.95. The predicted molar refractivity (Wildman–Crippen MR) is 104 cm³/mol. The van der Waals surface area contributed by atoms with Gasteiger partial charge in [-0.1, -0.05) is 12.1 Å². The van der Waals surface area contributed by atoms with Gasteiger partial charge in [-0.05, 0) is 75.8 Å². The van der Waals surface area contributed by atoms with Gasteiger partial charge in [0.15, 0.2) is 0 Å². The Morgan fingerprint density at radius 1 is 1.20 bits per heavy atom. The maximum atomic E-state index is 12.1. The van der Waals surface area contributed by atoms with E-state index in [1.165, 1.54) is 4.90 Å². The summed E-state index contributed by atoms with van der Waals surface area (Å²) < 4.78 is 7.20. The summed E-state index contributed by atoms with van der Waals surface area (Å²) in [7, 11) is 4.06. The van der Waals surface area contributed by atoms with Crippen LogP contribution in [0.3, 0.4) is 0 Å². The third-order valence-corrected chi connectivity index (χ3v) is 4.74. The Morgan fingerprint density at radius 3 is 2.72 bits per heavy atom. The number of aromatic nitrogens is 1. The van der Waals surface area contributed by atoms with E-state index < -0.39 is 0 Å². The van der Waals surface area contributed by atoms with Crippen LogP contribution >= 0.6 is 11.9 Å². The van der Waals surface area contributed by atoms with Crippen molar-refractivity contribution in [2.75, 3.05) is 20.7 Å². The highest BCUT2D eigenvalue weighted by Crippen LogP contribution is 2.35. The smallest absolute Gasteiger partial charge is 0.338 e. The van der Waals surface area contributed by atoms with E-state index in [-0.39, 0.29) is 5.97 Å². The van der Waals surface area contributed by atoms with Crippen molar-refractivity contribution in [3.05, 3.63) is 53.7 Å². The first kappa shape index (κ1) is 17.6. The molecule has 4 nitrogen and oxygen atoms in total. The van der Waals surface area contributed by atoms with Crippen LogP contribution in [0, 0.1) is 6.92 Å². The number of nitrogens with zero attached hydrogens (tertiary/aromatic N) is 1. The van der Waals surface area contributed by atoms with Crippen LogP contribution in [0.1, 0.15) is 23.0 Å². The number of aryl methyl sites for hydroxylation is 1. The molecule has 1 N–H and O–H groups in total. The fraction of sp³-hybridized carbons (Fsp3) is 0.250. The second-order valence-electron chi connectivity index (χ2n) is 6.04. The van der Waals surface area contributed by atoms with E-state index in [0.29, 0.717) is 12.2 Å². The minimum atomic E-state index is -0.286. The lowest BCUT2D eigenvalue weighted by molar-refractivity contribution is 0.0526. The molecule has 0 bridgehead atoms. The molecule has 0 aliphatic rings. The number of H-pyrrole nitrogens is 1. The summed E-state index contributed by atoms with van der Waals surface area (Å²) >= 11 is 1.68. The average molecular weight is 354 g/mol. The summed E-state index contributed by atoms with van der Waals surface area (Å²) in [5, 5.41) is 1.04. The lowest BCUT2D eigenvalue weighted by Crippen LogP contribution is -2.04. The first-order chi connectivity index (χ1) is 12.0. The molecule has 0 aliphatic carbocycles. The Kier molecular flexibility index (Phi) is 5.16. The fourth-order valence-electron chi connectivity index (χ4n) is 2.96. The second-order valence-corrected chi connectivity index (χ2v) is 7.42. The molecule has 0 radical (unpaired) electrons. The number of carbonyl (C=O) groups is 1. The highest BCUT2D eigenvalue weighted by molar-refractivity contribution is 7.97. The number of hydrogen-bond donors (Lipinski definition) is 1. The summed E-state index contributed by atoms with van der Waals surface area (Å²) in [4.78, 5) is 16.7. The molecule has 3 aromatic rings. The minimum Gasteiger partial charge on any atom is -0.462 e. The molecule has 0 unspecified atom stereocenters. The lowest BCUT2D eigenvalue weighted by Gasteiger charge is -2.10. The molecule has 0 saturated carbocycles. The summed E-state index contributed by atoms with van der Waals surface area (Å²) in [5.74, 6) is -0.286. The van der Waals surface area contributed by atoms with Crippen LogP contribution in [-0.2, 0) is 4.74 Å². The normalized spacial score (nSPS) is 11.2. The van der Waals surface area contributed by atoms with Crippen molar-refractivity contribution >= 4 is 28.8 Å². The molecule has 0 aliphatic heterocycles. The van der Waals surface area contributed by atoms with Gasteiger partial charge in [0.1, 0.15) is 0 Å². The van der Waals surface area contributed by atoms with E-state index >= 15 is 0 Å². The molecule has 130 valence electrons. The van der Waals surface area contributed by atoms with Crippen LogP contribution in [0.4, 0.5) is 0 Å². The second kappa shape index (κ2) is 7.33. The maximum absolute atomic E-state index is 12.1. The van der Waals surface area contributed by atoms with Gasteiger partial charge in [-0.3, -0.25) is 4.31 Å². The van der Waals surface area contributed by atoms with Crippen LogP contribution in [0.15, 0.2) is 47.4 Å². The van der Waals surface area contributed by atoms with E-state index in [4.69, 9.17) is 4.74 Å². The van der Waals surface area contributed by atoms with Crippen molar-refractivity contribution in [3.8, 4) is 11.1 Å². The maximum Gasteiger partial charge on any atom is 0.338 e. The number of carbonyl (C=O) groups excluding carboxylic acids is 1. The minimum absolute atomic E-state index is 0.286. The van der Waals surface area contributed by atoms with Crippen molar-refractivity contribution in [1.82, 2.24) is 9.29 Å². The van der Waals surface area contributed by atoms with Crippen molar-refractivity contribution in [2.24, 2.45) is 0 Å². The Labute approximate surface area is 152 Å². The number of hydrogen-bond acceptors (Lipinski definition) is 4. The van der Waals surface area contributed by atoms with Gasteiger partial charge in [0.2, 0.25) is 0 Å². The molecule has 0 spiro atoms. The van der Waals surface area contributed by atoms with E-state index in [1.807, 2.05) is 33.2 Å². The van der Waals surface area contributed by atoms with Crippen molar-refractivity contribution in [1.29, 1.82) is 0 Å². The molecule has 1 heterocycles. The predicted octanol–water partition coefficient (Wildman–Crippen LogP) is 4.89. The zero-order valence-electron chi connectivity index (χ0n) is 14.9. The summed E-state index contributed by atoms with van der Waals surface area (Å²) in [6.45, 7) is 4.25. The molecule has 0 fully saturated rings. The van der Waals surface area contributed by atoms with E-state index in [0.717, 1.165) is 27.7 Å². The molecule has 3 rings (SSSR count). The van der Waals surface area contributed by atoms with Crippen LogP contribution in [-0.4, -0.2) is 36.0 Å². The monoisotopic (exact) mass is 354 g/mol. The van der Waals surface area contributed by atoms with Gasteiger partial charge >= 0.3 is 5.97 Å². The number of benzene rings is 2. The highest BCUT2D eigenvalue weighted by Gasteiger charge is 2.14. The van der Waals surface area contributed by atoms with Gasteiger partial charge in [-0.15, -0.1) is 0 Å². The molecular formula is C20H22N2O2S. The van der Waals surface area contributed by atoms with Crippen LogP contribution in [0.25, 0.3) is 22.0 Å². The van der Waals surface area contributed by atoms with Crippen molar-refractivity contribution in [2.45, 2.75) is 18.7 Å². The average Bonchev–Trinajstić information content (AvgIpc) is 2.89. The fourth-order valence-corrected chi connectivity index (χ4v) is 3.70. The number of rotatable bonds is 5. The summed E-state index contributed by atoms with van der Waals surface area (Å²) in [6.07, 6.45) is 0. The zero-order valence-corrected chi connectivity index (χ0v) is 15.7. The Balaban J connectivity index is 2.10. The number of aromatic amines is 1. The van der Waals surface area contributed by atoms with Gasteiger partial charge in [0.25, 0.3) is 0 Å². The quantitative estimate of drug-likeness (QED) is 0.523. The first-order valence-electron chi connectivity index (χ1n) is 8.24. The number of nitrogens with one attached hydrogen (secondary N) is 1. The molecule has 5 heteroatoms. The standard InChI is InChI=1S/C20H22N2O2S/c1-5-24-20(23)15-9-10-18-17(12-15)19(13(2)21-18)14-7-6-8-16(11-14)25-22(3)4/h6-12,21H,5H2,1-4H3. The van der Waals surface area contributed by atoms with Gasteiger partial charge in [-0.2, -0.15) is 0 Å². The number of fused-ring (bicyclic) bond motifs is 1. The SMILES string of the molecule is CCOC(=O)c1ccc2[nH]c(C)c(-c3cccc(SN(C)C)c3)c2c1. The van der Waals surface area contributed by atoms with Crippen LogP contribution < -0.4 is 0 Å². The first-order valence-corrected chi connectivity index (χ1v) is 9.02. The Hall–Kier alpha value is -2.24. The van der Waals surface area contributed by atoms with Gasteiger partial charge < -0.3 is 9.72 Å². The molecular weight excluding hydrogens is 332 g/mol. The van der Waals surface area contributed by atoms with E-state index in [1.54, 1.807) is 18.0 Å². The third-order valence-electron chi connectivity index (χ3n) is 3.91. The van der Waals surface area contributed by atoms with Crippen LogP contribution in [0.5, 0.6) is 0 Å². The topological polar surface area (TPSA) is 45.3 Å². The Morgan fingerprint density at radius 2 is 2.00 bits per heavy atom. The third kappa shape index (κ3) is 3.72. The zero-order chi connectivity index (χ0) is 18.0. The lowest BCUT2D eigenvalue weighted by atomic mass is 10.0. The van der Waals surface area contributed by atoms with E-state index in [9.17, 15) is 4.79 Å². The van der Waals surface area contributed by atoms with Gasteiger partial charge in [0, 0.05) is 27.1 Å². The Bertz CT molecular complexity index is 915. The van der Waals surface area contributed by atoms with Crippen molar-refractivity contribution in [3.63, 3.8) is 0 Å². The molecule has 0 amide bonds. The highest BCUT2D eigenvalue weighted by atomic mass is 32.2. The molecule has 0 saturated heterocycles. The summed E-state index contributed by atoms with van der Waals surface area (Å²) in [6, 6.07) is 14.1. The number of esters is 1. The molecule has 2 aromatic carbocycles. The van der Waals surface area contributed by atoms with E-state index in [2.05, 4.69) is 40.5 Å². The van der Waals surface area contributed by atoms with Gasteiger partial charge in [0.05, 0.1) is 12.2 Å². The molecule has 1 aromatic heterocycles. The molecule has 0 atom stereocenters. The number of ether oxygens (including phenoxy) is 1. The van der Waals surface area contributed by atoms with Crippen molar-refractivity contribution < 1.29 is 9.53 Å².